The summed E-state index contributed by atoms with van der Waals surface area (Å²) >= 11 is 1.37. The molecule has 1 amide bonds. The molecule has 0 radical (unpaired) electrons. The van der Waals surface area contributed by atoms with Crippen LogP contribution in [0.4, 0.5) is 0 Å². The number of primary amides is 1. The van der Waals surface area contributed by atoms with Crippen molar-refractivity contribution in [3.8, 4) is 0 Å². The van der Waals surface area contributed by atoms with Gasteiger partial charge in [0.2, 0.25) is 0 Å². The van der Waals surface area contributed by atoms with E-state index in [4.69, 9.17) is 5.73 Å². The first-order valence-corrected chi connectivity index (χ1v) is 3.09. The minimum atomic E-state index is -0.213. The fraction of sp³-hybridized carbons (Fsp3) is 0.667. The molecule has 2 atom stereocenters. The Morgan fingerprint density at radius 3 is 2.00 bits per heavy atom. The molecular weight excluding hydrogens is 176 g/mol. The molecule has 0 spiro atoms. The zero-order valence-electron chi connectivity index (χ0n) is 4.05. The molecule has 0 rings (SSSR count). The van der Waals surface area contributed by atoms with Crippen LogP contribution in [-0.2, 0) is 4.79 Å². The largest absolute Gasteiger partial charge is 0.147 e. The molecule has 44 valence electrons. The Morgan fingerprint density at radius 1 is 1.86 bits per heavy atom. The second-order valence-corrected chi connectivity index (χ2v) is 3.29. The van der Waals surface area contributed by atoms with Crippen molar-refractivity contribution in [1.82, 2.24) is 0 Å². The number of carbonyl (C=O) groups is 1. The van der Waals surface area contributed by atoms with Crippen LogP contribution >= 0.6 is 12.4 Å². The summed E-state index contributed by atoms with van der Waals surface area (Å²) in [6, 6.07) is 0. The van der Waals surface area contributed by atoms with Gasteiger partial charge >= 0.3 is 44.9 Å². The molecule has 7 heavy (non-hydrogen) atoms. The average molecular weight is 185 g/mol. The Morgan fingerprint density at radius 2 is 2.00 bits per heavy atom. The van der Waals surface area contributed by atoms with Crippen molar-refractivity contribution in [3.05, 3.63) is 0 Å². The van der Waals surface area contributed by atoms with E-state index in [0.29, 0.717) is 0 Å². The Hall–Kier alpha value is 0.318. The van der Waals surface area contributed by atoms with Crippen molar-refractivity contribution in [2.75, 3.05) is 0 Å². The molecule has 0 aromatic rings. The Kier molecular flexibility index (Phi) is 6.61. The van der Waals surface area contributed by atoms with Crippen molar-refractivity contribution >= 4 is 35.2 Å². The monoisotopic (exact) mass is 185 g/mol. The smallest absolute Gasteiger partial charge is 0.147 e. The predicted octanol–water partition coefficient (Wildman–Crippen LogP) is -0.665. The second kappa shape index (κ2) is 4.48. The fourth-order valence-electron chi connectivity index (χ4n) is 0. The number of amides is 1. The van der Waals surface area contributed by atoms with Crippen LogP contribution in [0.2, 0.25) is 4.71 Å². The first-order chi connectivity index (χ1) is 2.64. The molecule has 2 nitrogen and oxygen atoms in total. The van der Waals surface area contributed by atoms with Gasteiger partial charge in [0.1, 0.15) is 0 Å². The Balaban J connectivity index is 0. The standard InChI is InChI=1S/C3H8AsNO.ClH/c1-2(4)3(5)6;/h2H,4H2,1H3,(H2,5,6);1H. The van der Waals surface area contributed by atoms with Crippen LogP contribution in [0.1, 0.15) is 6.92 Å². The van der Waals surface area contributed by atoms with Gasteiger partial charge in [-0.2, -0.15) is 0 Å². The summed E-state index contributed by atoms with van der Waals surface area (Å²) in [6.07, 6.45) is 0. The summed E-state index contributed by atoms with van der Waals surface area (Å²) in [5, 5.41) is 0. The number of hydrogen-bond donors (Lipinski definition) is 1. The van der Waals surface area contributed by atoms with Gasteiger partial charge in [-0.05, 0) is 0 Å². The number of halogens is 1. The molecule has 4 heteroatoms. The van der Waals surface area contributed by atoms with Gasteiger partial charge in [0.05, 0.1) is 0 Å². The summed E-state index contributed by atoms with van der Waals surface area (Å²) in [6.45, 7) is 1.79. The molecule has 0 aliphatic rings. The molecule has 0 aliphatic carbocycles. The van der Waals surface area contributed by atoms with Crippen LogP contribution in [0.15, 0.2) is 0 Å². The number of rotatable bonds is 1. The van der Waals surface area contributed by atoms with Gasteiger partial charge in [0.15, 0.2) is 0 Å². The van der Waals surface area contributed by atoms with Gasteiger partial charge in [-0.3, -0.25) is 0 Å². The molecule has 0 saturated carbocycles. The summed E-state index contributed by atoms with van der Waals surface area (Å²) in [4.78, 5) is 9.94. The third-order valence-corrected chi connectivity index (χ3v) is 1.14. The number of carbonyl (C=O) groups excluding carboxylic acids is 1. The van der Waals surface area contributed by atoms with E-state index in [2.05, 4.69) is 0 Å². The molecule has 2 unspecified atom stereocenters. The van der Waals surface area contributed by atoms with E-state index >= 15 is 0 Å². The van der Waals surface area contributed by atoms with E-state index < -0.39 is 0 Å². The van der Waals surface area contributed by atoms with Crippen LogP contribution in [-0.4, -0.2) is 22.8 Å². The molecule has 0 aromatic carbocycles. The van der Waals surface area contributed by atoms with Crippen LogP contribution in [0, 0.1) is 0 Å². The molecule has 0 aliphatic heterocycles. The topological polar surface area (TPSA) is 43.1 Å². The third kappa shape index (κ3) is 6.32. The minimum absolute atomic E-state index is 0. The summed E-state index contributed by atoms with van der Waals surface area (Å²) in [5.41, 5.74) is 4.81. The predicted molar refractivity (Wildman–Crippen MR) is 34.4 cm³/mol. The van der Waals surface area contributed by atoms with E-state index in [1.54, 1.807) is 6.92 Å². The van der Waals surface area contributed by atoms with Crippen molar-refractivity contribution < 1.29 is 4.79 Å². The Bertz CT molecular complexity index is 66.0. The number of hydrogen-bond acceptors (Lipinski definition) is 1. The summed E-state index contributed by atoms with van der Waals surface area (Å²) in [7, 11) is 0. The van der Waals surface area contributed by atoms with Gasteiger partial charge in [-0.25, -0.2) is 0 Å². The van der Waals surface area contributed by atoms with Gasteiger partial charge in [0.25, 0.3) is 0 Å². The van der Waals surface area contributed by atoms with Crippen molar-refractivity contribution in [2.24, 2.45) is 5.73 Å². The van der Waals surface area contributed by atoms with E-state index in [-0.39, 0.29) is 23.0 Å². The molecule has 2 N–H and O–H groups in total. The normalized spacial score (nSPS) is 11.7. The van der Waals surface area contributed by atoms with Gasteiger partial charge in [-0.1, -0.05) is 0 Å². The van der Waals surface area contributed by atoms with Crippen molar-refractivity contribution in [1.29, 1.82) is 0 Å². The maximum Gasteiger partial charge on any atom is -0.147 e. The molecule has 0 heterocycles. The second-order valence-electron chi connectivity index (χ2n) is 1.19. The molecule has 0 bridgehead atoms. The first kappa shape index (κ1) is 10.3. The van der Waals surface area contributed by atoms with Crippen LogP contribution in [0.3, 0.4) is 0 Å². The van der Waals surface area contributed by atoms with Crippen molar-refractivity contribution in [3.63, 3.8) is 0 Å². The van der Waals surface area contributed by atoms with E-state index in [1.807, 2.05) is 0 Å². The van der Waals surface area contributed by atoms with Gasteiger partial charge in [-0.15, -0.1) is 12.4 Å². The Labute approximate surface area is 57.7 Å². The maximum absolute atomic E-state index is 9.94. The van der Waals surface area contributed by atoms with E-state index in [9.17, 15) is 4.79 Å². The van der Waals surface area contributed by atoms with Crippen LogP contribution < -0.4 is 5.73 Å². The zero-order chi connectivity index (χ0) is 5.15. The minimum Gasteiger partial charge on any atom is -0.147 e. The summed E-state index contributed by atoms with van der Waals surface area (Å²) < 4.78 is 0.0532. The van der Waals surface area contributed by atoms with Crippen LogP contribution in [0.5, 0.6) is 0 Å². The van der Waals surface area contributed by atoms with Gasteiger partial charge in [0, 0.05) is 0 Å². The average Bonchev–Trinajstić information content (AvgIpc) is 1.36. The first-order valence-electron chi connectivity index (χ1n) is 1.69. The quantitative estimate of drug-likeness (QED) is 0.542. The molecule has 0 aromatic heterocycles. The van der Waals surface area contributed by atoms with E-state index in [1.165, 1.54) is 16.9 Å². The van der Waals surface area contributed by atoms with Gasteiger partial charge < -0.3 is 0 Å². The zero-order valence-corrected chi connectivity index (χ0v) is 7.29. The summed E-state index contributed by atoms with van der Waals surface area (Å²) in [5.74, 6) is -0.213. The molecule has 0 saturated heterocycles. The van der Waals surface area contributed by atoms with E-state index in [0.717, 1.165) is 0 Å². The fourth-order valence-corrected chi connectivity index (χ4v) is 0. The molecule has 0 fully saturated rings. The SMILES string of the molecule is CC([AsH2])C(N)=O.Cl. The third-order valence-electron chi connectivity index (χ3n) is 0.449. The number of nitrogens with two attached hydrogens (primary N) is 1. The maximum atomic E-state index is 9.94. The van der Waals surface area contributed by atoms with Crippen molar-refractivity contribution in [2.45, 2.75) is 11.6 Å². The molecular formula is C3H9AsClNO. The van der Waals surface area contributed by atoms with Crippen LogP contribution in [0.25, 0.3) is 0 Å².